The van der Waals surface area contributed by atoms with Crippen molar-refractivity contribution in [2.75, 3.05) is 23.3 Å². The number of carbonyl (C=O) groups excluding carboxylic acids is 1. The molecule has 2 N–H and O–H groups in total. The summed E-state index contributed by atoms with van der Waals surface area (Å²) in [6, 6.07) is 1.87. The summed E-state index contributed by atoms with van der Waals surface area (Å²) < 4.78 is 41.6. The van der Waals surface area contributed by atoms with Crippen molar-refractivity contribution in [1.29, 1.82) is 0 Å². The number of aryl methyl sites for hydroxylation is 1. The molecule has 2 amide bonds. The van der Waals surface area contributed by atoms with Gasteiger partial charge in [0.2, 0.25) is 0 Å². The molecule has 1 aliphatic heterocycles. The lowest BCUT2D eigenvalue weighted by atomic mass is 10.0. The second-order valence-corrected chi connectivity index (χ2v) is 9.31. The topological polar surface area (TPSA) is 99.2 Å². The second-order valence-electron chi connectivity index (χ2n) is 7.60. The molecule has 3 aromatic heterocycles. The lowest BCUT2D eigenvalue weighted by Gasteiger charge is -2.37. The van der Waals surface area contributed by atoms with Crippen LogP contribution in [0.4, 0.5) is 29.3 Å². The Bertz CT molecular complexity index is 1220. The lowest BCUT2D eigenvalue weighted by molar-refractivity contribution is -0.138. The predicted octanol–water partition coefficient (Wildman–Crippen LogP) is 4.18. The predicted molar refractivity (Wildman–Crippen MR) is 128 cm³/mol. The Labute approximate surface area is 202 Å². The highest BCUT2D eigenvalue weighted by Gasteiger charge is 2.33. The summed E-state index contributed by atoms with van der Waals surface area (Å²) in [5.41, 5.74) is -0.479. The first-order chi connectivity index (χ1) is 15.7. The minimum atomic E-state index is -4.64. The molecule has 1 saturated heterocycles. The zero-order valence-electron chi connectivity index (χ0n) is 17.3. The molecule has 0 radical (unpaired) electrons. The standard InChI is InChI=1S/C19H19F3IN7O2S/c1-28-10-12(19(20,21)22)7-15(17(28)31)26-18(32)30(33-23)13-2-4-29(5-3-13)14-6-11-8-25-27-16(11)24-9-14/h6-10,13H,2-5H2,1H3,(H,26,32)(H,24,25,27). The molecule has 1 fully saturated rings. The number of hydrogen-bond donors (Lipinski definition) is 2. The van der Waals surface area contributed by atoms with Gasteiger partial charge in [0, 0.05) is 68.1 Å². The smallest absolute Gasteiger partial charge is 0.370 e. The van der Waals surface area contributed by atoms with Crippen molar-refractivity contribution in [2.24, 2.45) is 7.05 Å². The van der Waals surface area contributed by atoms with Gasteiger partial charge in [0.05, 0.1) is 23.6 Å². The first-order valence-corrected chi connectivity index (χ1v) is 13.2. The van der Waals surface area contributed by atoms with Crippen molar-refractivity contribution in [3.05, 3.63) is 46.6 Å². The van der Waals surface area contributed by atoms with Crippen LogP contribution in [0.3, 0.4) is 0 Å². The van der Waals surface area contributed by atoms with Gasteiger partial charge in [0.15, 0.2) is 5.65 Å². The van der Waals surface area contributed by atoms with E-state index >= 15 is 0 Å². The first kappa shape index (κ1) is 23.7. The van der Waals surface area contributed by atoms with Crippen LogP contribution in [0.25, 0.3) is 11.0 Å². The van der Waals surface area contributed by atoms with E-state index < -0.39 is 29.0 Å². The molecular formula is C19H19F3IN7O2S. The zero-order chi connectivity index (χ0) is 23.8. The van der Waals surface area contributed by atoms with Gasteiger partial charge in [-0.25, -0.2) is 9.78 Å². The summed E-state index contributed by atoms with van der Waals surface area (Å²) in [7, 11) is 2.35. The molecule has 0 aromatic carbocycles. The maximum atomic E-state index is 13.1. The number of anilines is 2. The summed E-state index contributed by atoms with van der Waals surface area (Å²) in [5.74, 6) is 0. The number of urea groups is 1. The quantitative estimate of drug-likeness (QED) is 0.348. The fraction of sp³-hybridized carbons (Fsp3) is 0.368. The minimum Gasteiger partial charge on any atom is -0.370 e. The van der Waals surface area contributed by atoms with Crippen molar-refractivity contribution >= 4 is 58.8 Å². The zero-order valence-corrected chi connectivity index (χ0v) is 20.2. The molecule has 176 valence electrons. The van der Waals surface area contributed by atoms with E-state index in [2.05, 4.69) is 25.4 Å². The molecule has 0 bridgehead atoms. The van der Waals surface area contributed by atoms with E-state index in [1.54, 1.807) is 12.4 Å². The van der Waals surface area contributed by atoms with E-state index in [-0.39, 0.29) is 6.04 Å². The molecule has 3 aromatic rings. The van der Waals surface area contributed by atoms with Crippen molar-refractivity contribution in [1.82, 2.24) is 24.1 Å². The Kier molecular flexibility index (Phi) is 6.74. The number of H-pyrrole nitrogens is 1. The third-order valence-corrected chi connectivity index (χ3v) is 7.35. The Morgan fingerprint density at radius 1 is 1.30 bits per heavy atom. The van der Waals surface area contributed by atoms with Gasteiger partial charge in [0.1, 0.15) is 5.69 Å². The van der Waals surface area contributed by atoms with Crippen molar-refractivity contribution in [3.8, 4) is 0 Å². The SMILES string of the molecule is Cn1cc(C(F)(F)F)cc(NC(=O)N(SI)C2CCN(c3cnc4[nH]ncc4c3)CC2)c1=O. The van der Waals surface area contributed by atoms with Crippen LogP contribution >= 0.6 is 30.3 Å². The van der Waals surface area contributed by atoms with Gasteiger partial charge in [-0.1, -0.05) is 0 Å². The number of fused-ring (bicyclic) bond motifs is 1. The number of nitrogens with one attached hydrogen (secondary N) is 2. The number of carbonyl (C=O) groups is 1. The fourth-order valence-electron chi connectivity index (χ4n) is 3.74. The number of hydrogen-bond acceptors (Lipinski definition) is 6. The summed E-state index contributed by atoms with van der Waals surface area (Å²) in [4.78, 5) is 31.6. The second kappa shape index (κ2) is 9.40. The number of nitrogens with zero attached hydrogens (tertiary/aromatic N) is 5. The van der Waals surface area contributed by atoms with E-state index in [1.807, 2.05) is 27.3 Å². The number of alkyl halides is 3. The molecule has 4 heterocycles. The highest BCUT2D eigenvalue weighted by Crippen LogP contribution is 2.32. The van der Waals surface area contributed by atoms with Crippen LogP contribution in [0.15, 0.2) is 35.5 Å². The van der Waals surface area contributed by atoms with E-state index in [0.29, 0.717) is 43.8 Å². The Morgan fingerprint density at radius 3 is 2.70 bits per heavy atom. The number of piperidine rings is 1. The molecular weight excluding hydrogens is 574 g/mol. The van der Waals surface area contributed by atoms with Gasteiger partial charge in [0.25, 0.3) is 5.56 Å². The van der Waals surface area contributed by atoms with Gasteiger partial charge >= 0.3 is 12.2 Å². The van der Waals surface area contributed by atoms with Crippen molar-refractivity contribution < 1.29 is 18.0 Å². The van der Waals surface area contributed by atoms with E-state index in [1.165, 1.54) is 11.4 Å². The maximum absolute atomic E-state index is 13.1. The van der Waals surface area contributed by atoms with Gasteiger partial charge in [-0.3, -0.25) is 14.2 Å². The minimum absolute atomic E-state index is 0.150. The molecule has 0 atom stereocenters. The highest BCUT2D eigenvalue weighted by atomic mass is 127. The van der Waals surface area contributed by atoms with Crippen LogP contribution in [0.2, 0.25) is 0 Å². The van der Waals surface area contributed by atoms with Crippen molar-refractivity contribution in [2.45, 2.75) is 25.1 Å². The third kappa shape index (κ3) is 5.05. The number of aromatic nitrogens is 4. The number of rotatable bonds is 4. The van der Waals surface area contributed by atoms with Crippen LogP contribution in [0, 0.1) is 0 Å². The Hall–Kier alpha value is -2.49. The average Bonchev–Trinajstić information content (AvgIpc) is 3.25. The summed E-state index contributed by atoms with van der Waals surface area (Å²) in [6.07, 6.45) is 0.830. The van der Waals surface area contributed by atoms with E-state index in [9.17, 15) is 22.8 Å². The van der Waals surface area contributed by atoms with Crippen molar-refractivity contribution in [3.63, 3.8) is 0 Å². The van der Waals surface area contributed by atoms with Crippen LogP contribution in [0.1, 0.15) is 18.4 Å². The number of amides is 2. The van der Waals surface area contributed by atoms with Crippen LogP contribution in [-0.4, -0.2) is 49.2 Å². The van der Waals surface area contributed by atoms with Crippen LogP contribution < -0.4 is 15.8 Å². The van der Waals surface area contributed by atoms with E-state index in [4.69, 9.17) is 0 Å². The molecule has 33 heavy (non-hydrogen) atoms. The first-order valence-electron chi connectivity index (χ1n) is 9.88. The monoisotopic (exact) mass is 593 g/mol. The lowest BCUT2D eigenvalue weighted by Crippen LogP contribution is -2.45. The Balaban J connectivity index is 1.44. The number of pyridine rings is 2. The fourth-order valence-corrected chi connectivity index (χ4v) is 5.67. The summed E-state index contributed by atoms with van der Waals surface area (Å²) in [5, 5.41) is 10.1. The molecule has 4 rings (SSSR count). The van der Waals surface area contributed by atoms with Gasteiger partial charge in [-0.2, -0.15) is 18.3 Å². The summed E-state index contributed by atoms with van der Waals surface area (Å²) in [6.45, 7) is 1.34. The molecule has 0 spiro atoms. The highest BCUT2D eigenvalue weighted by molar-refractivity contribution is 14.2. The molecule has 9 nitrogen and oxygen atoms in total. The number of halogens is 4. The van der Waals surface area contributed by atoms with Gasteiger partial charge < -0.3 is 14.8 Å². The normalized spacial score (nSPS) is 15.1. The molecule has 14 heteroatoms. The van der Waals surface area contributed by atoms with Crippen LogP contribution in [-0.2, 0) is 13.2 Å². The largest absolute Gasteiger partial charge is 0.417 e. The Morgan fingerprint density at radius 2 is 2.03 bits per heavy atom. The third-order valence-electron chi connectivity index (χ3n) is 5.46. The maximum Gasteiger partial charge on any atom is 0.417 e. The van der Waals surface area contributed by atoms with Gasteiger partial charge in [-0.15, -0.1) is 0 Å². The van der Waals surface area contributed by atoms with Gasteiger partial charge in [-0.05, 0) is 25.0 Å². The van der Waals surface area contributed by atoms with E-state index in [0.717, 1.165) is 24.8 Å². The summed E-state index contributed by atoms with van der Waals surface area (Å²) >= 11 is 1.95. The van der Waals surface area contributed by atoms with Crippen LogP contribution in [0.5, 0.6) is 0 Å². The number of aromatic amines is 1. The molecule has 0 saturated carbocycles. The molecule has 0 unspecified atom stereocenters. The average molecular weight is 593 g/mol. The molecule has 0 aliphatic carbocycles. The molecule has 1 aliphatic rings.